The van der Waals surface area contributed by atoms with Crippen LogP contribution in [0.4, 0.5) is 5.69 Å². The Hall–Kier alpha value is -3.20. The highest BCUT2D eigenvalue weighted by atomic mass is 16.5. The summed E-state index contributed by atoms with van der Waals surface area (Å²) in [7, 11) is 1.67. The SMILES string of the molecule is COc1cccc(N2CCC(CNC(=O)/C(C#N)=C/c3cc(C)n(CC(C)C)c3C)C2)c1. The maximum absolute atomic E-state index is 12.7. The van der Waals surface area contributed by atoms with Gasteiger partial charge in [-0.15, -0.1) is 0 Å². The number of nitrogens with zero attached hydrogens (tertiary/aromatic N) is 3. The van der Waals surface area contributed by atoms with E-state index in [2.05, 4.69) is 47.7 Å². The largest absolute Gasteiger partial charge is 0.497 e. The van der Waals surface area contributed by atoms with Gasteiger partial charge in [0.1, 0.15) is 17.4 Å². The number of aromatic nitrogens is 1. The zero-order chi connectivity index (χ0) is 23.3. The minimum absolute atomic E-state index is 0.150. The molecule has 6 nitrogen and oxygen atoms in total. The molecule has 0 radical (unpaired) electrons. The number of amides is 1. The third-order valence-corrected chi connectivity index (χ3v) is 6.08. The van der Waals surface area contributed by atoms with Gasteiger partial charge in [0.05, 0.1) is 7.11 Å². The first-order valence-electron chi connectivity index (χ1n) is 11.3. The second kappa shape index (κ2) is 10.4. The first kappa shape index (κ1) is 23.5. The Morgan fingerprint density at radius 3 is 2.81 bits per heavy atom. The van der Waals surface area contributed by atoms with E-state index in [9.17, 15) is 10.1 Å². The van der Waals surface area contributed by atoms with Gasteiger partial charge in [-0.3, -0.25) is 4.79 Å². The summed E-state index contributed by atoms with van der Waals surface area (Å²) in [5.74, 6) is 1.41. The van der Waals surface area contributed by atoms with Crippen molar-refractivity contribution in [3.63, 3.8) is 0 Å². The summed E-state index contributed by atoms with van der Waals surface area (Å²) in [6.07, 6.45) is 2.71. The number of carbonyl (C=O) groups is 1. The Balaban J connectivity index is 1.61. The van der Waals surface area contributed by atoms with Crippen molar-refractivity contribution in [2.24, 2.45) is 11.8 Å². The van der Waals surface area contributed by atoms with Gasteiger partial charge in [-0.05, 0) is 61.9 Å². The quantitative estimate of drug-likeness (QED) is 0.496. The third kappa shape index (κ3) is 5.53. The van der Waals surface area contributed by atoms with Gasteiger partial charge in [0.25, 0.3) is 5.91 Å². The van der Waals surface area contributed by atoms with Crippen molar-refractivity contribution >= 4 is 17.7 Å². The molecule has 1 unspecified atom stereocenters. The average molecular weight is 435 g/mol. The summed E-state index contributed by atoms with van der Waals surface area (Å²) in [5, 5.41) is 12.6. The van der Waals surface area contributed by atoms with Gasteiger partial charge in [-0.25, -0.2) is 0 Å². The maximum Gasteiger partial charge on any atom is 0.261 e. The first-order valence-corrected chi connectivity index (χ1v) is 11.3. The van der Waals surface area contributed by atoms with Crippen LogP contribution in [0.2, 0.25) is 0 Å². The van der Waals surface area contributed by atoms with Gasteiger partial charge in [0, 0.05) is 49.3 Å². The molecule has 0 aliphatic carbocycles. The van der Waals surface area contributed by atoms with E-state index in [1.165, 1.54) is 0 Å². The number of hydrogen-bond donors (Lipinski definition) is 1. The van der Waals surface area contributed by atoms with E-state index in [4.69, 9.17) is 4.74 Å². The zero-order valence-electron chi connectivity index (χ0n) is 19.8. The molecule has 1 aromatic carbocycles. The number of hydrogen-bond acceptors (Lipinski definition) is 4. The number of nitrogens with one attached hydrogen (secondary N) is 1. The topological polar surface area (TPSA) is 70.3 Å². The Morgan fingerprint density at radius 2 is 2.12 bits per heavy atom. The van der Waals surface area contributed by atoms with Crippen LogP contribution in [0.1, 0.15) is 37.2 Å². The smallest absolute Gasteiger partial charge is 0.261 e. The van der Waals surface area contributed by atoms with Crippen LogP contribution in [0.25, 0.3) is 6.08 Å². The number of methoxy groups -OCH3 is 1. The van der Waals surface area contributed by atoms with Crippen LogP contribution < -0.4 is 15.0 Å². The number of benzene rings is 1. The third-order valence-electron chi connectivity index (χ3n) is 6.08. The second-order valence-electron chi connectivity index (χ2n) is 9.01. The van der Waals surface area contributed by atoms with Gasteiger partial charge >= 0.3 is 0 Å². The second-order valence-corrected chi connectivity index (χ2v) is 9.01. The van der Waals surface area contributed by atoms with E-state index in [1.807, 2.05) is 31.2 Å². The highest BCUT2D eigenvalue weighted by molar-refractivity contribution is 6.01. The number of carbonyl (C=O) groups excluding carboxylic acids is 1. The molecule has 1 fully saturated rings. The monoisotopic (exact) mass is 434 g/mol. The van der Waals surface area contributed by atoms with Crippen molar-refractivity contribution < 1.29 is 9.53 Å². The molecule has 2 aromatic rings. The molecule has 1 aliphatic heterocycles. The number of rotatable bonds is 8. The molecule has 0 saturated carbocycles. The van der Waals surface area contributed by atoms with Crippen molar-refractivity contribution in [3.8, 4) is 11.8 Å². The molecule has 1 amide bonds. The van der Waals surface area contributed by atoms with Gasteiger partial charge < -0.3 is 19.5 Å². The normalized spacial score (nSPS) is 16.3. The van der Waals surface area contributed by atoms with Crippen LogP contribution in [-0.2, 0) is 11.3 Å². The van der Waals surface area contributed by atoms with Crippen molar-refractivity contribution in [1.82, 2.24) is 9.88 Å². The molecule has 1 aromatic heterocycles. The fourth-order valence-corrected chi connectivity index (χ4v) is 4.30. The lowest BCUT2D eigenvalue weighted by molar-refractivity contribution is -0.117. The minimum atomic E-state index is -0.305. The fraction of sp³-hybridized carbons (Fsp3) is 0.462. The summed E-state index contributed by atoms with van der Waals surface area (Å²) in [5.41, 5.74) is 4.44. The molecule has 1 saturated heterocycles. The maximum atomic E-state index is 12.7. The van der Waals surface area contributed by atoms with Gasteiger partial charge in [0.15, 0.2) is 0 Å². The molecule has 1 aliphatic rings. The molecule has 3 rings (SSSR count). The minimum Gasteiger partial charge on any atom is -0.497 e. The van der Waals surface area contributed by atoms with E-state index < -0.39 is 0 Å². The molecule has 2 heterocycles. The van der Waals surface area contributed by atoms with Crippen molar-refractivity contribution in [1.29, 1.82) is 5.26 Å². The molecule has 32 heavy (non-hydrogen) atoms. The van der Waals surface area contributed by atoms with E-state index >= 15 is 0 Å². The number of nitriles is 1. The molecule has 170 valence electrons. The average Bonchev–Trinajstić information content (AvgIpc) is 3.36. The molecule has 0 spiro atoms. The summed E-state index contributed by atoms with van der Waals surface area (Å²) >= 11 is 0. The van der Waals surface area contributed by atoms with Crippen LogP contribution in [0, 0.1) is 37.0 Å². The number of aryl methyl sites for hydroxylation is 1. The van der Waals surface area contributed by atoms with Gasteiger partial charge in [-0.2, -0.15) is 5.26 Å². The molecule has 1 atom stereocenters. The molecule has 1 N–H and O–H groups in total. The van der Waals surface area contributed by atoms with E-state index in [1.54, 1.807) is 13.2 Å². The highest BCUT2D eigenvalue weighted by Crippen LogP contribution is 2.26. The Bertz CT molecular complexity index is 1030. The van der Waals surface area contributed by atoms with Gasteiger partial charge in [-0.1, -0.05) is 19.9 Å². The Kier molecular flexibility index (Phi) is 7.63. The fourth-order valence-electron chi connectivity index (χ4n) is 4.30. The summed E-state index contributed by atoms with van der Waals surface area (Å²) in [6, 6.07) is 12.2. The lowest BCUT2D eigenvalue weighted by Crippen LogP contribution is -2.31. The number of ether oxygens (including phenoxy) is 1. The van der Waals surface area contributed by atoms with Gasteiger partial charge in [0.2, 0.25) is 0 Å². The van der Waals surface area contributed by atoms with Crippen LogP contribution in [0.3, 0.4) is 0 Å². The predicted molar refractivity (Wildman–Crippen MR) is 129 cm³/mol. The summed E-state index contributed by atoms with van der Waals surface area (Å²) in [4.78, 5) is 15.0. The first-order chi connectivity index (χ1) is 15.3. The Labute approximate surface area is 191 Å². The molecule has 0 bridgehead atoms. The van der Waals surface area contributed by atoms with Crippen LogP contribution in [0.5, 0.6) is 5.75 Å². The standard InChI is InChI=1S/C26H34N4O2/c1-18(2)16-30-19(3)11-22(20(30)4)12-23(14-27)26(31)28-15-21-9-10-29(17-21)24-7-6-8-25(13-24)32-5/h6-8,11-13,18,21H,9-10,15-17H2,1-5H3,(H,28,31)/b23-12+. The highest BCUT2D eigenvalue weighted by Gasteiger charge is 2.24. The van der Waals surface area contributed by atoms with Crippen LogP contribution in [0.15, 0.2) is 35.9 Å². The lowest BCUT2D eigenvalue weighted by atomic mass is 10.1. The Morgan fingerprint density at radius 1 is 1.34 bits per heavy atom. The van der Waals surface area contributed by atoms with Crippen LogP contribution in [-0.4, -0.2) is 37.2 Å². The molecular formula is C26H34N4O2. The molecule has 6 heteroatoms. The van der Waals surface area contributed by atoms with Crippen molar-refractivity contribution in [2.45, 2.75) is 40.7 Å². The van der Waals surface area contributed by atoms with Crippen molar-refractivity contribution in [2.75, 3.05) is 31.6 Å². The van der Waals surface area contributed by atoms with E-state index in [0.717, 1.165) is 54.4 Å². The van der Waals surface area contributed by atoms with E-state index in [0.29, 0.717) is 18.4 Å². The summed E-state index contributed by atoms with van der Waals surface area (Å²) in [6.45, 7) is 11.8. The number of anilines is 1. The van der Waals surface area contributed by atoms with Crippen molar-refractivity contribution in [3.05, 3.63) is 52.9 Å². The lowest BCUT2D eigenvalue weighted by Gasteiger charge is -2.19. The summed E-state index contributed by atoms with van der Waals surface area (Å²) < 4.78 is 7.57. The molecular weight excluding hydrogens is 400 g/mol. The van der Waals surface area contributed by atoms with Crippen LogP contribution >= 0.6 is 0 Å². The van der Waals surface area contributed by atoms with E-state index in [-0.39, 0.29) is 11.5 Å². The zero-order valence-corrected chi connectivity index (χ0v) is 19.8. The predicted octanol–water partition coefficient (Wildman–Crippen LogP) is 4.32.